The molecule has 0 saturated carbocycles. The Bertz CT molecular complexity index is 306. The van der Waals surface area contributed by atoms with Gasteiger partial charge in [-0.2, -0.15) is 0 Å². The molecule has 3 aliphatic rings. The number of ether oxygens (including phenoxy) is 1. The first kappa shape index (κ1) is 20.9. The molecule has 0 bridgehead atoms. The van der Waals surface area contributed by atoms with E-state index in [-0.39, 0.29) is 5.54 Å². The molecule has 4 heteroatoms. The summed E-state index contributed by atoms with van der Waals surface area (Å²) < 4.78 is 18.3. The topological polar surface area (TPSA) is 15.7 Å². The second-order valence-corrected chi connectivity index (χ2v) is 7.52. The van der Waals surface area contributed by atoms with Crippen LogP contribution in [0.1, 0.15) is 59.8 Å². The average Bonchev–Trinajstić information content (AvgIpc) is 3.06. The Labute approximate surface area is 143 Å². The van der Waals surface area contributed by atoms with E-state index in [4.69, 9.17) is 4.74 Å². The lowest BCUT2D eigenvalue weighted by molar-refractivity contribution is 0.0503. The van der Waals surface area contributed by atoms with Crippen LogP contribution >= 0.6 is 0 Å². The number of morpholine rings is 1. The van der Waals surface area contributed by atoms with Crippen LogP contribution in [0.5, 0.6) is 0 Å². The van der Waals surface area contributed by atoms with E-state index in [1.54, 1.807) is 0 Å². The van der Waals surface area contributed by atoms with Crippen LogP contribution in [-0.4, -0.2) is 68.0 Å². The van der Waals surface area contributed by atoms with Gasteiger partial charge < -0.3 is 9.64 Å². The fraction of sp³-hybridized carbons (Fsp3) is 1.00. The van der Waals surface area contributed by atoms with Gasteiger partial charge in [0.15, 0.2) is 0 Å². The van der Waals surface area contributed by atoms with Crippen molar-refractivity contribution in [1.29, 1.82) is 0 Å². The van der Waals surface area contributed by atoms with Crippen LogP contribution in [0.4, 0.5) is 4.39 Å². The summed E-state index contributed by atoms with van der Waals surface area (Å²) in [6, 6.07) is 0. The standard InChI is InChI=1S/C10H18FN.C5H11NO.C4H10/c1-8(2)10-4-3-5-12(10)7-9(11)6-10;1-6-2-4-7-5-3-6;1-3-4-2/h8-9H,3-7H2,1-2H3;2-5H2,1H3;3-4H2,1-2H3/t9-,10+;;/m1../s1. The van der Waals surface area contributed by atoms with Crippen molar-refractivity contribution in [2.45, 2.75) is 71.5 Å². The Morgan fingerprint density at radius 2 is 1.74 bits per heavy atom. The maximum atomic E-state index is 13.2. The Kier molecular flexibility index (Phi) is 9.64. The third-order valence-corrected chi connectivity index (χ3v) is 5.47. The van der Waals surface area contributed by atoms with Gasteiger partial charge in [-0.25, -0.2) is 4.39 Å². The quantitative estimate of drug-likeness (QED) is 0.762. The molecule has 3 rings (SSSR count). The van der Waals surface area contributed by atoms with Crippen LogP contribution < -0.4 is 0 Å². The lowest BCUT2D eigenvalue weighted by Crippen LogP contribution is -2.42. The van der Waals surface area contributed by atoms with E-state index in [1.807, 2.05) is 0 Å². The SMILES string of the molecule is CC(C)[C@@]12CCCN1C[C@H](F)C2.CCCC.CN1CCOCC1. The summed E-state index contributed by atoms with van der Waals surface area (Å²) in [6.45, 7) is 14.7. The van der Waals surface area contributed by atoms with Crippen LogP contribution in [0, 0.1) is 5.92 Å². The fourth-order valence-corrected chi connectivity index (χ4v) is 3.69. The fourth-order valence-electron chi connectivity index (χ4n) is 3.69. The van der Waals surface area contributed by atoms with Crippen molar-refractivity contribution in [3.63, 3.8) is 0 Å². The Morgan fingerprint density at radius 1 is 1.13 bits per heavy atom. The minimum absolute atomic E-state index is 0.236. The summed E-state index contributed by atoms with van der Waals surface area (Å²) in [7, 11) is 2.11. The molecule has 23 heavy (non-hydrogen) atoms. The molecule has 0 spiro atoms. The molecule has 3 fully saturated rings. The number of alkyl halides is 1. The Balaban J connectivity index is 0.000000204. The summed E-state index contributed by atoms with van der Waals surface area (Å²) >= 11 is 0. The zero-order valence-electron chi connectivity index (χ0n) is 16.1. The summed E-state index contributed by atoms with van der Waals surface area (Å²) in [5.74, 6) is 0.612. The number of halogens is 1. The normalized spacial score (nSPS) is 31.2. The highest BCUT2D eigenvalue weighted by Crippen LogP contribution is 2.44. The van der Waals surface area contributed by atoms with Crippen molar-refractivity contribution in [3.8, 4) is 0 Å². The van der Waals surface area contributed by atoms with Gasteiger partial charge in [0.1, 0.15) is 6.17 Å². The molecule has 0 amide bonds. The van der Waals surface area contributed by atoms with E-state index < -0.39 is 6.17 Å². The van der Waals surface area contributed by atoms with Crippen LogP contribution in [0.25, 0.3) is 0 Å². The number of nitrogens with zero attached hydrogens (tertiary/aromatic N) is 2. The van der Waals surface area contributed by atoms with Crippen LogP contribution in [0.15, 0.2) is 0 Å². The van der Waals surface area contributed by atoms with E-state index in [0.29, 0.717) is 12.5 Å². The van der Waals surface area contributed by atoms with Crippen molar-refractivity contribution in [2.75, 3.05) is 46.4 Å². The second kappa shape index (κ2) is 10.6. The highest BCUT2D eigenvalue weighted by molar-refractivity contribution is 5.05. The molecule has 0 unspecified atom stereocenters. The summed E-state index contributed by atoms with van der Waals surface area (Å²) in [5.41, 5.74) is 0.236. The first-order chi connectivity index (χ1) is 11.0. The van der Waals surface area contributed by atoms with Gasteiger partial charge in [0.25, 0.3) is 0 Å². The van der Waals surface area contributed by atoms with Crippen LogP contribution in [-0.2, 0) is 4.74 Å². The smallest absolute Gasteiger partial charge is 0.115 e. The largest absolute Gasteiger partial charge is 0.379 e. The predicted molar refractivity (Wildman–Crippen MR) is 96.8 cm³/mol. The first-order valence-corrected chi connectivity index (χ1v) is 9.61. The molecular formula is C19H39FN2O. The van der Waals surface area contributed by atoms with E-state index in [9.17, 15) is 4.39 Å². The number of likely N-dealkylation sites (N-methyl/N-ethyl adjacent to an activating group) is 1. The molecule has 3 aliphatic heterocycles. The molecule has 0 aromatic heterocycles. The number of unbranched alkanes of at least 4 members (excludes halogenated alkanes) is 1. The number of fused-ring (bicyclic) bond motifs is 1. The lowest BCUT2D eigenvalue weighted by atomic mass is 9.82. The van der Waals surface area contributed by atoms with Gasteiger partial charge in [-0.05, 0) is 38.8 Å². The highest BCUT2D eigenvalue weighted by Gasteiger charge is 2.50. The molecular weight excluding hydrogens is 291 g/mol. The second-order valence-electron chi connectivity index (χ2n) is 7.52. The maximum Gasteiger partial charge on any atom is 0.115 e. The summed E-state index contributed by atoms with van der Waals surface area (Å²) in [5, 5.41) is 0. The molecule has 0 radical (unpaired) electrons. The summed E-state index contributed by atoms with van der Waals surface area (Å²) in [6.07, 6.45) is 5.34. The lowest BCUT2D eigenvalue weighted by Gasteiger charge is -2.35. The molecule has 0 N–H and O–H groups in total. The molecule has 0 aromatic carbocycles. The first-order valence-electron chi connectivity index (χ1n) is 9.61. The molecule has 2 atom stereocenters. The Morgan fingerprint density at radius 3 is 2.13 bits per heavy atom. The number of rotatable bonds is 2. The number of hydrogen-bond donors (Lipinski definition) is 0. The number of hydrogen-bond acceptors (Lipinski definition) is 3. The minimum Gasteiger partial charge on any atom is -0.379 e. The van der Waals surface area contributed by atoms with Crippen molar-refractivity contribution >= 4 is 0 Å². The third kappa shape index (κ3) is 6.32. The van der Waals surface area contributed by atoms with Gasteiger partial charge in [-0.1, -0.05) is 40.5 Å². The molecule has 0 aliphatic carbocycles. The monoisotopic (exact) mass is 330 g/mol. The van der Waals surface area contributed by atoms with Gasteiger partial charge in [0.05, 0.1) is 13.2 Å². The van der Waals surface area contributed by atoms with Crippen LogP contribution in [0.2, 0.25) is 0 Å². The van der Waals surface area contributed by atoms with Gasteiger partial charge in [0, 0.05) is 25.2 Å². The van der Waals surface area contributed by atoms with Gasteiger partial charge in [-0.3, -0.25) is 4.90 Å². The van der Waals surface area contributed by atoms with Gasteiger partial charge in [-0.15, -0.1) is 0 Å². The highest BCUT2D eigenvalue weighted by atomic mass is 19.1. The molecule has 0 aromatic rings. The maximum absolute atomic E-state index is 13.2. The predicted octanol–water partition coefficient (Wildman–Crippen LogP) is 3.97. The van der Waals surface area contributed by atoms with Crippen molar-refractivity contribution in [1.82, 2.24) is 9.80 Å². The molecule has 138 valence electrons. The average molecular weight is 331 g/mol. The van der Waals surface area contributed by atoms with E-state index in [2.05, 4.69) is 44.5 Å². The van der Waals surface area contributed by atoms with Crippen molar-refractivity contribution in [3.05, 3.63) is 0 Å². The summed E-state index contributed by atoms with van der Waals surface area (Å²) in [4.78, 5) is 4.64. The molecule has 3 nitrogen and oxygen atoms in total. The zero-order valence-corrected chi connectivity index (χ0v) is 16.1. The van der Waals surface area contributed by atoms with E-state index in [1.165, 1.54) is 25.7 Å². The van der Waals surface area contributed by atoms with Gasteiger partial charge in [0.2, 0.25) is 0 Å². The molecule has 3 heterocycles. The third-order valence-electron chi connectivity index (χ3n) is 5.47. The van der Waals surface area contributed by atoms with Gasteiger partial charge >= 0.3 is 0 Å². The van der Waals surface area contributed by atoms with Crippen LogP contribution in [0.3, 0.4) is 0 Å². The van der Waals surface area contributed by atoms with Crippen molar-refractivity contribution in [2.24, 2.45) is 5.92 Å². The molecule has 3 saturated heterocycles. The minimum atomic E-state index is -0.562. The van der Waals surface area contributed by atoms with Crippen molar-refractivity contribution < 1.29 is 9.13 Å². The Hall–Kier alpha value is -0.190. The van der Waals surface area contributed by atoms with E-state index >= 15 is 0 Å². The van der Waals surface area contributed by atoms with E-state index in [0.717, 1.165) is 39.3 Å². The zero-order chi connectivity index (χ0) is 17.3.